The van der Waals surface area contributed by atoms with E-state index >= 15 is 0 Å². The van der Waals surface area contributed by atoms with Crippen LogP contribution in [0, 0.1) is 30.6 Å². The average molecular weight is 538 g/mol. The van der Waals surface area contributed by atoms with Gasteiger partial charge in [-0.25, -0.2) is 4.90 Å². The number of carbonyl (C=O) groups is 4. The quantitative estimate of drug-likeness (QED) is 0.327. The lowest BCUT2D eigenvalue weighted by Crippen LogP contribution is -2.68. The fourth-order valence-corrected chi connectivity index (χ4v) is 6.61. The third kappa shape index (κ3) is 5.61. The molecule has 1 aromatic heterocycles. The van der Waals surface area contributed by atoms with Gasteiger partial charge in [-0.1, -0.05) is 34.5 Å². The smallest absolute Gasteiger partial charge is 0.240 e. The second-order valence-corrected chi connectivity index (χ2v) is 11.2. The Hall–Kier alpha value is -3.53. The van der Waals surface area contributed by atoms with Gasteiger partial charge in [-0.3, -0.25) is 24.1 Å². The second-order valence-electron chi connectivity index (χ2n) is 11.2. The molecule has 210 valence electrons. The number of piperidine rings is 2. The molecule has 5 unspecified atom stereocenters. The Kier molecular flexibility index (Phi) is 8.54. The number of anilines is 1. The minimum atomic E-state index is -0.679. The Morgan fingerprint density at radius 3 is 2.54 bits per heavy atom. The number of carbonyl (C=O) groups excluding carboxylic acids is 4. The summed E-state index contributed by atoms with van der Waals surface area (Å²) in [5.41, 5.74) is 7.79. The third-order valence-electron chi connectivity index (χ3n) is 8.25. The van der Waals surface area contributed by atoms with Gasteiger partial charge in [-0.2, -0.15) is 0 Å². The molecule has 2 bridgehead atoms. The molecular formula is C29H39N5O5. The molecule has 1 aliphatic carbocycles. The summed E-state index contributed by atoms with van der Waals surface area (Å²) < 4.78 is 5.16. The first-order valence-corrected chi connectivity index (χ1v) is 13.6. The monoisotopic (exact) mass is 537 g/mol. The van der Waals surface area contributed by atoms with Gasteiger partial charge < -0.3 is 15.6 Å². The lowest BCUT2D eigenvalue weighted by molar-refractivity contribution is -0.158. The summed E-state index contributed by atoms with van der Waals surface area (Å²) in [5.74, 6) is -3.23. The van der Waals surface area contributed by atoms with Gasteiger partial charge in [0.1, 0.15) is 5.76 Å². The highest BCUT2D eigenvalue weighted by Crippen LogP contribution is 2.55. The number of amides is 4. The number of nitrogens with zero attached hydrogens (tertiary/aromatic N) is 3. The molecule has 3 N–H and O–H groups in total. The van der Waals surface area contributed by atoms with Gasteiger partial charge in [0.25, 0.3) is 0 Å². The van der Waals surface area contributed by atoms with Crippen molar-refractivity contribution in [3.8, 4) is 0 Å². The van der Waals surface area contributed by atoms with Crippen LogP contribution in [0.15, 0.2) is 46.5 Å². The number of rotatable bonds is 11. The molecule has 0 aromatic carbocycles. The highest BCUT2D eigenvalue weighted by atomic mass is 16.5. The van der Waals surface area contributed by atoms with Crippen molar-refractivity contribution in [2.75, 3.05) is 18.0 Å². The van der Waals surface area contributed by atoms with Crippen LogP contribution in [-0.4, -0.2) is 58.9 Å². The van der Waals surface area contributed by atoms with Crippen LogP contribution in [-0.2, 0) is 19.2 Å². The molecule has 5 rings (SSSR count). The van der Waals surface area contributed by atoms with Crippen molar-refractivity contribution in [3.05, 3.63) is 47.8 Å². The molecule has 0 radical (unpaired) electrons. The highest BCUT2D eigenvalue weighted by Gasteiger charge is 2.67. The van der Waals surface area contributed by atoms with Gasteiger partial charge in [0.15, 0.2) is 5.82 Å². The summed E-state index contributed by atoms with van der Waals surface area (Å²) in [6, 6.07) is 1.05. The lowest BCUT2D eigenvalue weighted by atomic mass is 9.57. The first kappa shape index (κ1) is 28.5. The summed E-state index contributed by atoms with van der Waals surface area (Å²) in [6.07, 6.45) is 9.05. The lowest BCUT2D eigenvalue weighted by Gasteiger charge is -2.58. The van der Waals surface area contributed by atoms with Crippen molar-refractivity contribution in [3.63, 3.8) is 0 Å². The zero-order valence-electron chi connectivity index (χ0n) is 23.2. The summed E-state index contributed by atoms with van der Waals surface area (Å²) in [7, 11) is 0. The Labute approximate surface area is 229 Å². The summed E-state index contributed by atoms with van der Waals surface area (Å²) in [5, 5.41) is 6.58. The van der Waals surface area contributed by atoms with Crippen LogP contribution in [0.25, 0.3) is 0 Å². The standard InChI is InChI=1S/C29H39N5O5/c1-6-8-20-24-19(27(36)31-15-22(30)35)14-21(33(20)12-11-17(4)10-7-9-16(2)3)25-26(24)29(38)34(28(25)37)23-13-18(5)39-32-23/h6,9,11,13,19-21,24-26H,1,7-8,10,12,14-15H2,2-5H3,(H2,30,35)(H,31,36)/b17-11+/t19?,20?,21?,24?,25?,26-/m0/s1. The predicted octanol–water partition coefficient (Wildman–Crippen LogP) is 2.65. The van der Waals surface area contributed by atoms with Gasteiger partial charge in [0.05, 0.1) is 18.4 Å². The number of fused-ring (bicyclic) bond motifs is 2. The van der Waals surface area contributed by atoms with E-state index in [0.717, 1.165) is 17.7 Å². The first-order valence-electron chi connectivity index (χ1n) is 13.6. The third-order valence-corrected chi connectivity index (χ3v) is 8.25. The fourth-order valence-electron chi connectivity index (χ4n) is 6.61. The maximum atomic E-state index is 13.8. The van der Waals surface area contributed by atoms with E-state index in [2.05, 4.69) is 54.9 Å². The van der Waals surface area contributed by atoms with Crippen molar-refractivity contribution in [2.45, 2.75) is 65.5 Å². The molecule has 10 nitrogen and oxygen atoms in total. The molecule has 4 aliphatic rings. The number of hydrogen-bond acceptors (Lipinski definition) is 7. The maximum Gasteiger partial charge on any atom is 0.240 e. The number of aromatic nitrogens is 1. The normalized spacial score (nSPS) is 28.4. The average Bonchev–Trinajstić information content (AvgIpc) is 3.42. The number of nitrogens with two attached hydrogens (primary N) is 1. The predicted molar refractivity (Wildman–Crippen MR) is 146 cm³/mol. The van der Waals surface area contributed by atoms with E-state index in [1.807, 2.05) is 0 Å². The second kappa shape index (κ2) is 11.7. The van der Waals surface area contributed by atoms with E-state index < -0.39 is 29.6 Å². The first-order chi connectivity index (χ1) is 18.5. The number of aryl methyl sites for hydroxylation is 1. The minimum Gasteiger partial charge on any atom is -0.368 e. The minimum absolute atomic E-state index is 0.174. The van der Waals surface area contributed by atoms with E-state index in [9.17, 15) is 19.2 Å². The molecular weight excluding hydrogens is 498 g/mol. The van der Waals surface area contributed by atoms with Gasteiger partial charge in [0, 0.05) is 30.6 Å². The molecule has 3 saturated heterocycles. The Morgan fingerprint density at radius 1 is 1.21 bits per heavy atom. The number of allylic oxidation sites excluding steroid dienone is 3. The van der Waals surface area contributed by atoms with Crippen molar-refractivity contribution < 1.29 is 23.7 Å². The number of nitrogens with one attached hydrogen (secondary N) is 1. The summed E-state index contributed by atoms with van der Waals surface area (Å²) in [4.78, 5) is 55.7. The van der Waals surface area contributed by atoms with Crippen LogP contribution >= 0.6 is 0 Å². The van der Waals surface area contributed by atoms with E-state index in [1.165, 1.54) is 11.1 Å². The molecule has 4 fully saturated rings. The Bertz CT molecular complexity index is 1210. The van der Waals surface area contributed by atoms with Crippen molar-refractivity contribution in [1.29, 1.82) is 0 Å². The van der Waals surface area contributed by atoms with E-state index in [4.69, 9.17) is 10.3 Å². The number of imide groups is 1. The number of primary amides is 1. The molecule has 0 spiro atoms. The van der Waals surface area contributed by atoms with E-state index in [0.29, 0.717) is 25.1 Å². The van der Waals surface area contributed by atoms with Crippen molar-refractivity contribution in [1.82, 2.24) is 15.4 Å². The van der Waals surface area contributed by atoms with Crippen LogP contribution in [0.4, 0.5) is 5.82 Å². The Balaban J connectivity index is 1.69. The van der Waals surface area contributed by atoms with E-state index in [-0.39, 0.29) is 42.2 Å². The molecule has 1 aromatic rings. The van der Waals surface area contributed by atoms with E-state index in [1.54, 1.807) is 19.1 Å². The zero-order chi connectivity index (χ0) is 28.4. The van der Waals surface area contributed by atoms with Crippen molar-refractivity contribution in [2.24, 2.45) is 29.4 Å². The summed E-state index contributed by atoms with van der Waals surface area (Å²) in [6.45, 7) is 12.2. The highest BCUT2D eigenvalue weighted by molar-refractivity contribution is 6.22. The maximum absolute atomic E-state index is 13.8. The van der Waals surface area contributed by atoms with Gasteiger partial charge in [-0.05, 0) is 59.3 Å². The topological polar surface area (TPSA) is 139 Å². The Morgan fingerprint density at radius 2 is 1.92 bits per heavy atom. The molecule has 4 heterocycles. The van der Waals surface area contributed by atoms with Crippen LogP contribution in [0.2, 0.25) is 0 Å². The molecule has 1 saturated carbocycles. The van der Waals surface area contributed by atoms with Gasteiger partial charge >= 0.3 is 0 Å². The largest absolute Gasteiger partial charge is 0.368 e. The number of hydrogen-bond donors (Lipinski definition) is 2. The van der Waals surface area contributed by atoms with Crippen molar-refractivity contribution >= 4 is 29.4 Å². The van der Waals surface area contributed by atoms with Gasteiger partial charge in [-0.15, -0.1) is 6.58 Å². The fraction of sp³-hybridized carbons (Fsp3) is 0.552. The molecule has 3 aliphatic heterocycles. The molecule has 10 heteroatoms. The van der Waals surface area contributed by atoms with Crippen LogP contribution < -0.4 is 16.0 Å². The van der Waals surface area contributed by atoms with Gasteiger partial charge in [0.2, 0.25) is 23.6 Å². The molecule has 6 atom stereocenters. The molecule has 39 heavy (non-hydrogen) atoms. The summed E-state index contributed by atoms with van der Waals surface area (Å²) >= 11 is 0. The SMILES string of the molecule is C=CCC1C2C(C(=O)NCC(N)=O)CC(C3C(=O)N(c4cc(C)on4)C(=O)[C@H]32)N1C/C=C(\C)CCC=C(C)C. The van der Waals surface area contributed by atoms with Crippen LogP contribution in [0.1, 0.15) is 52.2 Å². The zero-order valence-corrected chi connectivity index (χ0v) is 23.2. The molecule has 4 amide bonds. The van der Waals surface area contributed by atoms with Crippen LogP contribution in [0.3, 0.4) is 0 Å². The van der Waals surface area contributed by atoms with Crippen LogP contribution in [0.5, 0.6) is 0 Å².